The average Bonchev–Trinajstić information content (AvgIpc) is 2.68. The van der Waals surface area contributed by atoms with Gasteiger partial charge >= 0.3 is 0 Å². The minimum atomic E-state index is 0.128. The number of aliphatic imine (C=N–C) groups is 1. The van der Waals surface area contributed by atoms with Crippen molar-refractivity contribution in [2.75, 3.05) is 39.3 Å². The second-order valence-electron chi connectivity index (χ2n) is 9.20. The van der Waals surface area contributed by atoms with Gasteiger partial charge < -0.3 is 20.3 Å². The van der Waals surface area contributed by atoms with Crippen molar-refractivity contribution in [1.29, 1.82) is 0 Å². The lowest BCUT2D eigenvalue weighted by Gasteiger charge is -2.33. The van der Waals surface area contributed by atoms with E-state index >= 15 is 0 Å². The van der Waals surface area contributed by atoms with Crippen molar-refractivity contribution in [2.24, 2.45) is 10.4 Å². The Bertz CT molecular complexity index is 592. The van der Waals surface area contributed by atoms with Gasteiger partial charge in [0, 0.05) is 38.8 Å². The van der Waals surface area contributed by atoms with E-state index in [1.54, 1.807) is 0 Å². The summed E-state index contributed by atoms with van der Waals surface area (Å²) in [7, 11) is 0. The molecule has 1 heterocycles. The topological polar surface area (TPSA) is 48.9 Å². The van der Waals surface area contributed by atoms with Gasteiger partial charge in [0.2, 0.25) is 0 Å². The third-order valence-corrected chi connectivity index (χ3v) is 5.32. The summed E-state index contributed by atoms with van der Waals surface area (Å²) in [5, 5.41) is 7.10. The van der Waals surface area contributed by atoms with E-state index in [1.165, 1.54) is 5.56 Å². The third kappa shape index (κ3) is 9.64. The molecule has 0 aromatic heterocycles. The molecule has 1 aromatic carbocycles. The number of hydrogen-bond donors (Lipinski definition) is 2. The molecule has 1 fully saturated rings. The van der Waals surface area contributed by atoms with E-state index < -0.39 is 0 Å². The lowest BCUT2D eigenvalue weighted by Crippen LogP contribution is -2.49. The first-order valence-corrected chi connectivity index (χ1v) is 11.3. The molecule has 2 N–H and O–H groups in total. The first-order chi connectivity index (χ1) is 13.9. The van der Waals surface area contributed by atoms with E-state index in [2.05, 4.69) is 80.5 Å². The Morgan fingerprint density at radius 3 is 2.52 bits per heavy atom. The number of benzene rings is 1. The molecular formula is C24H42N4O. The van der Waals surface area contributed by atoms with Crippen LogP contribution in [0.3, 0.4) is 0 Å². The number of hydrogen-bond acceptors (Lipinski definition) is 3. The van der Waals surface area contributed by atoms with Crippen LogP contribution in [0.25, 0.3) is 0 Å². The van der Waals surface area contributed by atoms with Gasteiger partial charge in [0.05, 0.1) is 12.7 Å². The molecule has 164 valence electrons. The molecular weight excluding hydrogens is 360 g/mol. The number of likely N-dealkylation sites (tertiary alicyclic amines) is 1. The second kappa shape index (κ2) is 12.2. The Balaban J connectivity index is 1.80. The van der Waals surface area contributed by atoms with Crippen LogP contribution in [0.15, 0.2) is 35.3 Å². The molecule has 29 heavy (non-hydrogen) atoms. The first kappa shape index (κ1) is 23.7. The van der Waals surface area contributed by atoms with E-state index in [-0.39, 0.29) is 5.41 Å². The lowest BCUT2D eigenvalue weighted by molar-refractivity contribution is 0.0532. The Labute approximate surface area is 178 Å². The van der Waals surface area contributed by atoms with E-state index in [9.17, 15) is 0 Å². The van der Waals surface area contributed by atoms with Crippen molar-refractivity contribution in [3.05, 3.63) is 35.9 Å². The van der Waals surface area contributed by atoms with E-state index in [0.717, 1.165) is 64.6 Å². The zero-order chi connectivity index (χ0) is 21.1. The number of piperidine rings is 1. The van der Waals surface area contributed by atoms with Crippen molar-refractivity contribution >= 4 is 5.96 Å². The molecule has 0 aliphatic carbocycles. The van der Waals surface area contributed by atoms with Crippen LogP contribution in [0.5, 0.6) is 0 Å². The van der Waals surface area contributed by atoms with Gasteiger partial charge in [-0.25, -0.2) is 0 Å². The summed E-state index contributed by atoms with van der Waals surface area (Å²) in [4.78, 5) is 7.43. The fourth-order valence-electron chi connectivity index (χ4n) is 3.73. The summed E-state index contributed by atoms with van der Waals surface area (Å²) >= 11 is 0. The van der Waals surface area contributed by atoms with E-state index in [4.69, 9.17) is 9.73 Å². The van der Waals surface area contributed by atoms with Gasteiger partial charge in [0.25, 0.3) is 0 Å². The summed E-state index contributed by atoms with van der Waals surface area (Å²) in [5.74, 6) is 0.954. The Morgan fingerprint density at radius 2 is 1.90 bits per heavy atom. The summed E-state index contributed by atoms with van der Waals surface area (Å²) < 4.78 is 5.69. The van der Waals surface area contributed by atoms with Crippen molar-refractivity contribution in [3.63, 3.8) is 0 Å². The molecule has 0 spiro atoms. The molecule has 0 amide bonds. The SMILES string of the molecule is CCNC(=NCC(C)(C)Cc1ccccc1)NC1CCN(CCOC(C)C)CC1. The minimum Gasteiger partial charge on any atom is -0.377 e. The van der Waals surface area contributed by atoms with Crippen molar-refractivity contribution < 1.29 is 4.74 Å². The predicted molar refractivity (Wildman–Crippen MR) is 124 cm³/mol. The quantitative estimate of drug-likeness (QED) is 0.463. The molecule has 0 saturated carbocycles. The Kier molecular flexibility index (Phi) is 9.95. The molecule has 0 radical (unpaired) electrons. The van der Waals surface area contributed by atoms with E-state index in [1.807, 2.05) is 0 Å². The van der Waals surface area contributed by atoms with Crippen LogP contribution in [-0.2, 0) is 11.2 Å². The van der Waals surface area contributed by atoms with Gasteiger partial charge in [-0.15, -0.1) is 0 Å². The molecule has 2 rings (SSSR count). The maximum atomic E-state index is 5.69. The van der Waals surface area contributed by atoms with Crippen LogP contribution in [0.1, 0.15) is 53.0 Å². The largest absolute Gasteiger partial charge is 0.377 e. The zero-order valence-electron chi connectivity index (χ0n) is 19.2. The average molecular weight is 403 g/mol. The van der Waals surface area contributed by atoms with E-state index in [0.29, 0.717) is 12.1 Å². The lowest BCUT2D eigenvalue weighted by atomic mass is 9.86. The normalized spacial score (nSPS) is 17.0. The number of ether oxygens (including phenoxy) is 1. The number of nitrogens with zero attached hydrogens (tertiary/aromatic N) is 2. The van der Waals surface area contributed by atoms with Crippen LogP contribution in [0, 0.1) is 5.41 Å². The summed E-state index contributed by atoms with van der Waals surface area (Å²) in [6.45, 7) is 16.7. The van der Waals surface area contributed by atoms with Gasteiger partial charge in [-0.2, -0.15) is 0 Å². The molecule has 0 atom stereocenters. The third-order valence-electron chi connectivity index (χ3n) is 5.32. The van der Waals surface area contributed by atoms with Crippen LogP contribution in [0.2, 0.25) is 0 Å². The number of rotatable bonds is 10. The standard InChI is InChI=1S/C24H42N4O/c1-6-25-23(26-19-24(4,5)18-21-10-8-7-9-11-21)27-22-12-14-28(15-13-22)16-17-29-20(2)3/h7-11,20,22H,6,12-19H2,1-5H3,(H2,25,26,27). The molecule has 1 saturated heterocycles. The zero-order valence-corrected chi connectivity index (χ0v) is 19.2. The van der Waals surface area contributed by atoms with Crippen LogP contribution < -0.4 is 10.6 Å². The summed E-state index contributed by atoms with van der Waals surface area (Å²) in [6, 6.07) is 11.2. The first-order valence-electron chi connectivity index (χ1n) is 11.3. The summed E-state index contributed by atoms with van der Waals surface area (Å²) in [5.41, 5.74) is 1.50. The van der Waals surface area contributed by atoms with Crippen molar-refractivity contribution in [3.8, 4) is 0 Å². The highest BCUT2D eigenvalue weighted by Gasteiger charge is 2.21. The van der Waals surface area contributed by atoms with Gasteiger partial charge in [-0.3, -0.25) is 4.99 Å². The maximum Gasteiger partial charge on any atom is 0.191 e. The maximum absolute atomic E-state index is 5.69. The molecule has 1 aromatic rings. The van der Waals surface area contributed by atoms with Gasteiger partial charge in [0.1, 0.15) is 0 Å². The van der Waals surface area contributed by atoms with Crippen molar-refractivity contribution in [1.82, 2.24) is 15.5 Å². The van der Waals surface area contributed by atoms with Crippen LogP contribution >= 0.6 is 0 Å². The van der Waals surface area contributed by atoms with Gasteiger partial charge in [-0.05, 0) is 51.0 Å². The highest BCUT2D eigenvalue weighted by molar-refractivity contribution is 5.80. The molecule has 1 aliphatic heterocycles. The van der Waals surface area contributed by atoms with Gasteiger partial charge in [-0.1, -0.05) is 44.2 Å². The van der Waals surface area contributed by atoms with Crippen LogP contribution in [-0.4, -0.2) is 62.3 Å². The molecule has 5 heteroatoms. The Hall–Kier alpha value is -1.59. The predicted octanol–water partition coefficient (Wildman–Crippen LogP) is 3.70. The molecule has 1 aliphatic rings. The number of guanidine groups is 1. The summed E-state index contributed by atoms with van der Waals surface area (Å²) in [6.07, 6.45) is 3.66. The molecule has 0 bridgehead atoms. The molecule has 5 nitrogen and oxygen atoms in total. The minimum absolute atomic E-state index is 0.128. The fourth-order valence-corrected chi connectivity index (χ4v) is 3.73. The van der Waals surface area contributed by atoms with Gasteiger partial charge in [0.15, 0.2) is 5.96 Å². The van der Waals surface area contributed by atoms with Crippen molar-refractivity contribution in [2.45, 2.75) is 66.0 Å². The second-order valence-corrected chi connectivity index (χ2v) is 9.20. The highest BCUT2D eigenvalue weighted by atomic mass is 16.5. The highest BCUT2D eigenvalue weighted by Crippen LogP contribution is 2.22. The monoisotopic (exact) mass is 402 g/mol. The van der Waals surface area contributed by atoms with Crippen LogP contribution in [0.4, 0.5) is 0 Å². The molecule has 0 unspecified atom stereocenters. The fraction of sp³-hybridized carbons (Fsp3) is 0.708. The number of nitrogens with one attached hydrogen (secondary N) is 2. The smallest absolute Gasteiger partial charge is 0.191 e. The Morgan fingerprint density at radius 1 is 1.21 bits per heavy atom.